The van der Waals surface area contributed by atoms with Gasteiger partial charge in [0, 0.05) is 5.56 Å². The average Bonchev–Trinajstić information content (AvgIpc) is 2.71. The lowest BCUT2D eigenvalue weighted by atomic mass is 10.2. The molecule has 0 saturated carbocycles. The Bertz CT molecular complexity index is 629. The van der Waals surface area contributed by atoms with E-state index in [4.69, 9.17) is 4.42 Å². The summed E-state index contributed by atoms with van der Waals surface area (Å²) in [4.78, 5) is 11.8. The topological polar surface area (TPSA) is 74.8 Å². The van der Waals surface area contributed by atoms with Crippen LogP contribution < -0.4 is 5.43 Å². The van der Waals surface area contributed by atoms with Crippen LogP contribution in [0.25, 0.3) is 0 Å². The molecule has 19 heavy (non-hydrogen) atoms. The summed E-state index contributed by atoms with van der Waals surface area (Å²) in [6.45, 7) is 3.49. The van der Waals surface area contributed by atoms with Crippen LogP contribution in [0.5, 0.6) is 5.75 Å². The average molecular weight is 258 g/mol. The summed E-state index contributed by atoms with van der Waals surface area (Å²) in [6.07, 6.45) is 1.38. The molecule has 98 valence electrons. The number of hydrogen-bond donors (Lipinski definition) is 2. The van der Waals surface area contributed by atoms with Crippen LogP contribution in [0.3, 0.4) is 0 Å². The Kier molecular flexibility index (Phi) is 3.66. The van der Waals surface area contributed by atoms with E-state index in [0.29, 0.717) is 22.6 Å². The van der Waals surface area contributed by atoms with Gasteiger partial charge in [-0.05, 0) is 32.0 Å². The van der Waals surface area contributed by atoms with Crippen molar-refractivity contribution >= 4 is 12.1 Å². The first-order valence-electron chi connectivity index (χ1n) is 5.76. The lowest BCUT2D eigenvalue weighted by Gasteiger charge is -1.98. The normalized spacial score (nSPS) is 10.8. The number of aryl methyl sites for hydroxylation is 2. The molecular formula is C14H14N2O3. The highest BCUT2D eigenvalue weighted by molar-refractivity contribution is 5.96. The molecule has 5 heteroatoms. The zero-order valence-electron chi connectivity index (χ0n) is 10.7. The molecule has 1 amide bonds. The van der Waals surface area contributed by atoms with Crippen molar-refractivity contribution in [2.24, 2.45) is 5.10 Å². The number of furan rings is 1. The summed E-state index contributed by atoms with van der Waals surface area (Å²) in [5, 5.41) is 13.3. The third kappa shape index (κ3) is 3.01. The smallest absolute Gasteiger partial charge is 0.274 e. The summed E-state index contributed by atoms with van der Waals surface area (Å²) >= 11 is 0. The highest BCUT2D eigenvalue weighted by atomic mass is 16.3. The fourth-order valence-corrected chi connectivity index (χ4v) is 1.67. The maximum Gasteiger partial charge on any atom is 0.274 e. The minimum atomic E-state index is -0.346. The van der Waals surface area contributed by atoms with Crippen molar-refractivity contribution in [1.82, 2.24) is 5.43 Å². The quantitative estimate of drug-likeness (QED) is 0.655. The Labute approximate surface area is 110 Å². The van der Waals surface area contributed by atoms with E-state index in [2.05, 4.69) is 10.5 Å². The molecule has 2 N–H and O–H groups in total. The van der Waals surface area contributed by atoms with E-state index in [0.717, 1.165) is 0 Å². The second kappa shape index (κ2) is 5.39. The highest BCUT2D eigenvalue weighted by Gasteiger charge is 2.12. The Morgan fingerprint density at radius 2 is 2.11 bits per heavy atom. The van der Waals surface area contributed by atoms with E-state index < -0.39 is 0 Å². The van der Waals surface area contributed by atoms with Gasteiger partial charge < -0.3 is 9.52 Å². The fraction of sp³-hybridized carbons (Fsp3) is 0.143. The minimum absolute atomic E-state index is 0.107. The first kappa shape index (κ1) is 12.9. The van der Waals surface area contributed by atoms with Gasteiger partial charge >= 0.3 is 0 Å². The Balaban J connectivity index is 2.05. The van der Waals surface area contributed by atoms with Crippen LogP contribution in [0.1, 0.15) is 27.4 Å². The number of phenols is 1. The van der Waals surface area contributed by atoms with Gasteiger partial charge in [0.25, 0.3) is 5.91 Å². The van der Waals surface area contributed by atoms with Gasteiger partial charge in [0.15, 0.2) is 0 Å². The summed E-state index contributed by atoms with van der Waals surface area (Å²) in [7, 11) is 0. The number of aromatic hydroxyl groups is 1. The van der Waals surface area contributed by atoms with Crippen LogP contribution in [0.4, 0.5) is 0 Å². The Morgan fingerprint density at radius 1 is 1.37 bits per heavy atom. The van der Waals surface area contributed by atoms with Crippen molar-refractivity contribution in [3.05, 3.63) is 53.0 Å². The number of hydrogen-bond acceptors (Lipinski definition) is 4. The van der Waals surface area contributed by atoms with Crippen LogP contribution in [-0.4, -0.2) is 17.2 Å². The maximum atomic E-state index is 11.8. The molecule has 0 unspecified atom stereocenters. The lowest BCUT2D eigenvalue weighted by Crippen LogP contribution is -2.17. The largest absolute Gasteiger partial charge is 0.507 e. The van der Waals surface area contributed by atoms with Crippen molar-refractivity contribution in [3.63, 3.8) is 0 Å². The van der Waals surface area contributed by atoms with E-state index in [-0.39, 0.29) is 11.7 Å². The monoisotopic (exact) mass is 258 g/mol. The SMILES string of the molecule is Cc1cc(C(=O)NN=Cc2ccccc2O)c(C)o1. The molecule has 1 aromatic carbocycles. The number of nitrogens with zero attached hydrogens (tertiary/aromatic N) is 1. The number of para-hydroxylation sites is 1. The van der Waals surface area contributed by atoms with E-state index >= 15 is 0 Å². The molecular weight excluding hydrogens is 244 g/mol. The molecule has 0 radical (unpaired) electrons. The van der Waals surface area contributed by atoms with Crippen LogP contribution in [0, 0.1) is 13.8 Å². The van der Waals surface area contributed by atoms with Crippen molar-refractivity contribution in [1.29, 1.82) is 0 Å². The first-order valence-corrected chi connectivity index (χ1v) is 5.76. The number of amides is 1. The van der Waals surface area contributed by atoms with Crippen molar-refractivity contribution in [2.75, 3.05) is 0 Å². The van der Waals surface area contributed by atoms with Crippen molar-refractivity contribution < 1.29 is 14.3 Å². The number of benzene rings is 1. The van der Waals surface area contributed by atoms with Gasteiger partial charge in [-0.3, -0.25) is 4.79 Å². The molecule has 0 fully saturated rings. The van der Waals surface area contributed by atoms with Gasteiger partial charge in [-0.25, -0.2) is 5.43 Å². The molecule has 0 atom stereocenters. The lowest BCUT2D eigenvalue weighted by molar-refractivity contribution is 0.0953. The van der Waals surface area contributed by atoms with Crippen LogP contribution in [0.15, 0.2) is 39.9 Å². The molecule has 0 aliphatic heterocycles. The van der Waals surface area contributed by atoms with Gasteiger partial charge in [0.1, 0.15) is 17.3 Å². The van der Waals surface area contributed by atoms with Crippen LogP contribution >= 0.6 is 0 Å². The third-order valence-electron chi connectivity index (χ3n) is 2.59. The molecule has 0 spiro atoms. The summed E-state index contributed by atoms with van der Waals surface area (Å²) in [5.41, 5.74) is 3.37. The molecule has 0 aliphatic carbocycles. The first-order chi connectivity index (χ1) is 9.08. The zero-order chi connectivity index (χ0) is 13.8. The summed E-state index contributed by atoms with van der Waals surface area (Å²) in [5.74, 6) is 0.983. The van der Waals surface area contributed by atoms with Gasteiger partial charge in [-0.15, -0.1) is 0 Å². The zero-order valence-corrected chi connectivity index (χ0v) is 10.7. The van der Waals surface area contributed by atoms with E-state index in [1.165, 1.54) is 6.21 Å². The molecule has 5 nitrogen and oxygen atoms in total. The Morgan fingerprint density at radius 3 is 2.74 bits per heavy atom. The standard InChI is InChI=1S/C14H14N2O3/c1-9-7-12(10(2)19-9)14(18)16-15-8-11-5-3-4-6-13(11)17/h3-8,17H,1-2H3,(H,16,18). The molecule has 2 rings (SSSR count). The minimum Gasteiger partial charge on any atom is -0.507 e. The van der Waals surface area contributed by atoms with Gasteiger partial charge in [-0.1, -0.05) is 12.1 Å². The number of rotatable bonds is 3. The molecule has 0 aliphatic rings. The van der Waals surface area contributed by atoms with Gasteiger partial charge in [0.2, 0.25) is 0 Å². The van der Waals surface area contributed by atoms with Crippen molar-refractivity contribution in [3.8, 4) is 5.75 Å². The molecule has 2 aromatic rings. The molecule has 1 aromatic heterocycles. The van der Waals surface area contributed by atoms with Crippen molar-refractivity contribution in [2.45, 2.75) is 13.8 Å². The molecule has 0 saturated heterocycles. The second-order valence-electron chi connectivity index (χ2n) is 4.08. The predicted octanol–water partition coefficient (Wildman–Crippen LogP) is 2.37. The summed E-state index contributed by atoms with van der Waals surface area (Å²) < 4.78 is 5.27. The third-order valence-corrected chi connectivity index (χ3v) is 2.59. The van der Waals surface area contributed by atoms with Crippen LogP contribution in [-0.2, 0) is 0 Å². The molecule has 0 bridgehead atoms. The van der Waals surface area contributed by atoms with E-state index in [1.807, 2.05) is 0 Å². The number of phenolic OH excluding ortho intramolecular Hbond substituents is 1. The number of nitrogens with one attached hydrogen (secondary N) is 1. The summed E-state index contributed by atoms with van der Waals surface area (Å²) in [6, 6.07) is 8.38. The van der Waals surface area contributed by atoms with Gasteiger partial charge in [-0.2, -0.15) is 5.10 Å². The number of hydrazone groups is 1. The van der Waals surface area contributed by atoms with E-state index in [1.54, 1.807) is 44.2 Å². The fourth-order valence-electron chi connectivity index (χ4n) is 1.67. The number of carbonyl (C=O) groups excluding carboxylic acids is 1. The number of carbonyl (C=O) groups is 1. The van der Waals surface area contributed by atoms with Gasteiger partial charge in [0.05, 0.1) is 11.8 Å². The van der Waals surface area contributed by atoms with Crippen LogP contribution in [0.2, 0.25) is 0 Å². The highest BCUT2D eigenvalue weighted by Crippen LogP contribution is 2.14. The van der Waals surface area contributed by atoms with E-state index in [9.17, 15) is 9.90 Å². The Hall–Kier alpha value is -2.56. The maximum absolute atomic E-state index is 11.8. The molecule has 1 heterocycles. The predicted molar refractivity (Wildman–Crippen MR) is 71.3 cm³/mol. The second-order valence-corrected chi connectivity index (χ2v) is 4.08.